The number of benzene rings is 1. The Morgan fingerprint density at radius 1 is 1.10 bits per heavy atom. The predicted octanol–water partition coefficient (Wildman–Crippen LogP) is 2.53. The van der Waals surface area contributed by atoms with Crippen LogP contribution in [0.2, 0.25) is 0 Å². The maximum absolute atomic E-state index is 12.5. The van der Waals surface area contributed by atoms with E-state index >= 15 is 0 Å². The summed E-state index contributed by atoms with van der Waals surface area (Å²) in [5.41, 5.74) is 6.84. The van der Waals surface area contributed by atoms with E-state index in [0.29, 0.717) is 12.1 Å². The molecule has 3 nitrogen and oxygen atoms in total. The number of hydrogen-bond donors (Lipinski definition) is 2. The highest BCUT2D eigenvalue weighted by atomic mass is 35.5. The third-order valence-corrected chi connectivity index (χ3v) is 4.62. The standard InChI is InChI=1S/C16H22N2O.ClH/c17-13-6-8-14(9-7-13)18-15(19)16(10-11-16)12-4-2-1-3-5-12;/h1-5,13-14H,6-11,17H2,(H,18,19);1H. The minimum Gasteiger partial charge on any atom is -0.353 e. The fraction of sp³-hybridized carbons (Fsp3) is 0.562. The molecule has 0 heterocycles. The van der Waals surface area contributed by atoms with Crippen LogP contribution in [0, 0.1) is 0 Å². The first kappa shape index (κ1) is 15.3. The van der Waals surface area contributed by atoms with Crippen LogP contribution in [0.25, 0.3) is 0 Å². The van der Waals surface area contributed by atoms with Crippen molar-refractivity contribution in [2.75, 3.05) is 0 Å². The van der Waals surface area contributed by atoms with Crippen LogP contribution in [-0.2, 0) is 10.2 Å². The Bertz CT molecular complexity index is 451. The second-order valence-electron chi connectivity index (χ2n) is 6.03. The molecule has 1 aromatic rings. The first-order valence-corrected chi connectivity index (χ1v) is 7.33. The van der Waals surface area contributed by atoms with Crippen molar-refractivity contribution in [1.29, 1.82) is 0 Å². The van der Waals surface area contributed by atoms with Crippen molar-refractivity contribution >= 4 is 18.3 Å². The van der Waals surface area contributed by atoms with E-state index in [9.17, 15) is 4.79 Å². The van der Waals surface area contributed by atoms with E-state index in [0.717, 1.165) is 38.5 Å². The zero-order chi connectivity index (χ0) is 13.3. The summed E-state index contributed by atoms with van der Waals surface area (Å²) in [5, 5.41) is 3.25. The molecule has 3 N–H and O–H groups in total. The van der Waals surface area contributed by atoms with Gasteiger partial charge in [0, 0.05) is 12.1 Å². The van der Waals surface area contributed by atoms with Crippen LogP contribution in [0.4, 0.5) is 0 Å². The molecule has 1 aromatic carbocycles. The van der Waals surface area contributed by atoms with Crippen LogP contribution in [0.5, 0.6) is 0 Å². The highest BCUT2D eigenvalue weighted by Gasteiger charge is 2.51. The molecule has 4 heteroatoms. The molecule has 2 fully saturated rings. The SMILES string of the molecule is Cl.NC1CCC(NC(=O)C2(c3ccccc3)CC2)CC1. The topological polar surface area (TPSA) is 55.1 Å². The second kappa shape index (κ2) is 6.15. The van der Waals surface area contributed by atoms with E-state index in [1.165, 1.54) is 5.56 Å². The van der Waals surface area contributed by atoms with Crippen LogP contribution in [0.1, 0.15) is 44.1 Å². The highest BCUT2D eigenvalue weighted by molar-refractivity contribution is 5.91. The summed E-state index contributed by atoms with van der Waals surface area (Å²) in [6.07, 6.45) is 6.08. The van der Waals surface area contributed by atoms with Crippen molar-refractivity contribution in [2.24, 2.45) is 5.73 Å². The molecule has 20 heavy (non-hydrogen) atoms. The highest BCUT2D eigenvalue weighted by Crippen LogP contribution is 2.48. The Balaban J connectivity index is 0.00000147. The predicted molar refractivity (Wildman–Crippen MR) is 83.0 cm³/mol. The van der Waals surface area contributed by atoms with Gasteiger partial charge in [0.25, 0.3) is 0 Å². The first-order valence-electron chi connectivity index (χ1n) is 7.33. The number of carbonyl (C=O) groups is 1. The molecule has 0 radical (unpaired) electrons. The molecule has 2 aliphatic carbocycles. The molecule has 3 rings (SSSR count). The summed E-state index contributed by atoms with van der Waals surface area (Å²) < 4.78 is 0. The summed E-state index contributed by atoms with van der Waals surface area (Å²) in [6, 6.07) is 10.8. The largest absolute Gasteiger partial charge is 0.353 e. The van der Waals surface area contributed by atoms with Gasteiger partial charge < -0.3 is 11.1 Å². The molecular weight excluding hydrogens is 272 g/mol. The summed E-state index contributed by atoms with van der Waals surface area (Å²) in [5.74, 6) is 0.221. The average molecular weight is 295 g/mol. The third-order valence-electron chi connectivity index (χ3n) is 4.62. The minimum absolute atomic E-state index is 0. The number of rotatable bonds is 3. The van der Waals surface area contributed by atoms with Crippen LogP contribution in [-0.4, -0.2) is 18.0 Å². The van der Waals surface area contributed by atoms with Crippen molar-refractivity contribution in [3.05, 3.63) is 35.9 Å². The lowest BCUT2D eigenvalue weighted by Crippen LogP contribution is -2.44. The van der Waals surface area contributed by atoms with E-state index in [4.69, 9.17) is 5.73 Å². The van der Waals surface area contributed by atoms with Gasteiger partial charge in [-0.3, -0.25) is 4.79 Å². The van der Waals surface area contributed by atoms with Gasteiger partial charge >= 0.3 is 0 Å². The number of halogens is 1. The van der Waals surface area contributed by atoms with Gasteiger partial charge in [-0.15, -0.1) is 12.4 Å². The van der Waals surface area contributed by atoms with Crippen LogP contribution >= 0.6 is 12.4 Å². The van der Waals surface area contributed by atoms with Gasteiger partial charge in [-0.1, -0.05) is 30.3 Å². The molecule has 0 atom stereocenters. The van der Waals surface area contributed by atoms with Crippen molar-refractivity contribution in [1.82, 2.24) is 5.32 Å². The van der Waals surface area contributed by atoms with E-state index in [-0.39, 0.29) is 23.7 Å². The molecule has 1 amide bonds. The normalized spacial score (nSPS) is 27.2. The molecule has 0 aromatic heterocycles. The monoisotopic (exact) mass is 294 g/mol. The smallest absolute Gasteiger partial charge is 0.230 e. The van der Waals surface area contributed by atoms with Crippen LogP contribution in [0.15, 0.2) is 30.3 Å². The fourth-order valence-electron chi connectivity index (χ4n) is 3.12. The fourth-order valence-corrected chi connectivity index (χ4v) is 3.12. The van der Waals surface area contributed by atoms with Crippen molar-refractivity contribution in [3.63, 3.8) is 0 Å². The number of amides is 1. The zero-order valence-corrected chi connectivity index (χ0v) is 12.5. The molecule has 0 bridgehead atoms. The van der Waals surface area contributed by atoms with Crippen LogP contribution in [0.3, 0.4) is 0 Å². The Morgan fingerprint density at radius 2 is 1.70 bits per heavy atom. The van der Waals surface area contributed by atoms with E-state index in [1.807, 2.05) is 18.2 Å². The van der Waals surface area contributed by atoms with Gasteiger partial charge in [0.1, 0.15) is 0 Å². The van der Waals surface area contributed by atoms with Gasteiger partial charge in [-0.25, -0.2) is 0 Å². The van der Waals surface area contributed by atoms with Crippen molar-refractivity contribution < 1.29 is 4.79 Å². The van der Waals surface area contributed by atoms with Gasteiger partial charge in [0.2, 0.25) is 5.91 Å². The molecule has 0 unspecified atom stereocenters. The van der Waals surface area contributed by atoms with Gasteiger partial charge in [-0.05, 0) is 44.1 Å². The lowest BCUT2D eigenvalue weighted by molar-refractivity contribution is -0.124. The average Bonchev–Trinajstić information content (AvgIpc) is 3.24. The van der Waals surface area contributed by atoms with E-state index in [2.05, 4.69) is 17.4 Å². The minimum atomic E-state index is -0.235. The summed E-state index contributed by atoms with van der Waals surface area (Å²) in [7, 11) is 0. The van der Waals surface area contributed by atoms with Gasteiger partial charge in [-0.2, -0.15) is 0 Å². The molecule has 2 saturated carbocycles. The maximum atomic E-state index is 12.5. The molecule has 2 aliphatic rings. The molecule has 0 spiro atoms. The van der Waals surface area contributed by atoms with Gasteiger partial charge in [0.15, 0.2) is 0 Å². The summed E-state index contributed by atoms with van der Waals surface area (Å²) in [6.45, 7) is 0. The molecule has 0 saturated heterocycles. The van der Waals surface area contributed by atoms with E-state index < -0.39 is 0 Å². The Hall–Kier alpha value is -1.06. The Morgan fingerprint density at radius 3 is 2.25 bits per heavy atom. The number of nitrogens with two attached hydrogens (primary N) is 1. The van der Waals surface area contributed by atoms with Gasteiger partial charge in [0.05, 0.1) is 5.41 Å². The quantitative estimate of drug-likeness (QED) is 0.900. The van der Waals surface area contributed by atoms with Crippen molar-refractivity contribution in [2.45, 2.75) is 56.0 Å². The summed E-state index contributed by atoms with van der Waals surface area (Å²) >= 11 is 0. The number of hydrogen-bond acceptors (Lipinski definition) is 2. The molecular formula is C16H23ClN2O. The number of carbonyl (C=O) groups excluding carboxylic acids is 1. The first-order chi connectivity index (χ1) is 9.21. The zero-order valence-electron chi connectivity index (χ0n) is 11.7. The molecule has 0 aliphatic heterocycles. The lowest BCUT2D eigenvalue weighted by Gasteiger charge is -2.28. The molecule has 110 valence electrons. The van der Waals surface area contributed by atoms with Crippen molar-refractivity contribution in [3.8, 4) is 0 Å². The maximum Gasteiger partial charge on any atom is 0.230 e. The third kappa shape index (κ3) is 2.99. The van der Waals surface area contributed by atoms with Crippen LogP contribution < -0.4 is 11.1 Å². The second-order valence-corrected chi connectivity index (χ2v) is 6.03. The Kier molecular flexibility index (Phi) is 4.71. The van der Waals surface area contributed by atoms with E-state index in [1.54, 1.807) is 0 Å². The summed E-state index contributed by atoms with van der Waals surface area (Å²) in [4.78, 5) is 12.5. The Labute approximate surface area is 126 Å². The number of nitrogens with one attached hydrogen (secondary N) is 1. The lowest BCUT2D eigenvalue weighted by atomic mass is 9.90.